The summed E-state index contributed by atoms with van der Waals surface area (Å²) in [5, 5.41) is 23.8. The van der Waals surface area contributed by atoms with Crippen LogP contribution in [-0.4, -0.2) is 50.9 Å². The van der Waals surface area contributed by atoms with Gasteiger partial charge in [0.2, 0.25) is 5.88 Å². The highest BCUT2D eigenvalue weighted by Gasteiger charge is 2.20. The van der Waals surface area contributed by atoms with E-state index in [2.05, 4.69) is 29.1 Å². The van der Waals surface area contributed by atoms with Crippen LogP contribution in [0.5, 0.6) is 17.4 Å². The van der Waals surface area contributed by atoms with E-state index in [0.29, 0.717) is 18.2 Å². The SMILES string of the molecule is CC(C)(Cc1ccc(Oc2ccc(C(=O)O)cn2)cc1)NCC(O)COc1cccc2[nH]ccc12. The van der Waals surface area contributed by atoms with E-state index < -0.39 is 12.1 Å². The quantitative estimate of drug-likeness (QED) is 0.254. The van der Waals surface area contributed by atoms with E-state index in [1.807, 2.05) is 54.7 Å². The Kier molecular flexibility index (Phi) is 7.33. The molecule has 0 amide bonds. The molecule has 1 atom stereocenters. The third-order valence-corrected chi connectivity index (χ3v) is 5.58. The first kappa shape index (κ1) is 24.3. The maximum atomic E-state index is 10.9. The van der Waals surface area contributed by atoms with Gasteiger partial charge in [0.25, 0.3) is 0 Å². The van der Waals surface area contributed by atoms with Crippen LogP contribution in [0.15, 0.2) is 73.1 Å². The molecule has 0 aliphatic carbocycles. The Morgan fingerprint density at radius 2 is 1.91 bits per heavy atom. The van der Waals surface area contributed by atoms with Crippen molar-refractivity contribution in [1.29, 1.82) is 0 Å². The van der Waals surface area contributed by atoms with Crippen molar-refractivity contribution >= 4 is 16.9 Å². The summed E-state index contributed by atoms with van der Waals surface area (Å²) in [6.07, 6.45) is 3.22. The number of fused-ring (bicyclic) bond motifs is 1. The van der Waals surface area contributed by atoms with E-state index in [4.69, 9.17) is 14.6 Å². The number of aromatic carboxylic acids is 1. The predicted octanol–water partition coefficient (Wildman–Crippen LogP) is 4.40. The first-order valence-corrected chi connectivity index (χ1v) is 11.4. The Morgan fingerprint density at radius 3 is 2.63 bits per heavy atom. The van der Waals surface area contributed by atoms with Gasteiger partial charge in [-0.1, -0.05) is 18.2 Å². The smallest absolute Gasteiger partial charge is 0.337 e. The summed E-state index contributed by atoms with van der Waals surface area (Å²) in [7, 11) is 0. The van der Waals surface area contributed by atoms with E-state index in [1.54, 1.807) is 0 Å². The fourth-order valence-corrected chi connectivity index (χ4v) is 3.76. The molecular formula is C27H29N3O5. The minimum absolute atomic E-state index is 0.108. The Morgan fingerprint density at radius 1 is 1.11 bits per heavy atom. The minimum atomic E-state index is -1.03. The molecule has 0 bridgehead atoms. The number of benzene rings is 2. The van der Waals surface area contributed by atoms with Crippen LogP contribution in [0.4, 0.5) is 0 Å². The fourth-order valence-electron chi connectivity index (χ4n) is 3.76. The molecule has 182 valence electrons. The molecule has 0 aliphatic heterocycles. The van der Waals surface area contributed by atoms with Gasteiger partial charge in [-0.15, -0.1) is 0 Å². The van der Waals surface area contributed by atoms with Gasteiger partial charge in [0, 0.05) is 41.4 Å². The third-order valence-electron chi connectivity index (χ3n) is 5.58. The van der Waals surface area contributed by atoms with Gasteiger partial charge in [-0.3, -0.25) is 0 Å². The highest BCUT2D eigenvalue weighted by molar-refractivity contribution is 5.87. The molecule has 0 radical (unpaired) electrons. The lowest BCUT2D eigenvalue weighted by Gasteiger charge is -2.28. The molecular weight excluding hydrogens is 446 g/mol. The molecule has 4 rings (SSSR count). The van der Waals surface area contributed by atoms with Crippen molar-refractivity contribution in [1.82, 2.24) is 15.3 Å². The summed E-state index contributed by atoms with van der Waals surface area (Å²) in [6.45, 7) is 4.76. The van der Waals surface area contributed by atoms with E-state index >= 15 is 0 Å². The number of nitrogens with one attached hydrogen (secondary N) is 2. The second-order valence-electron chi connectivity index (χ2n) is 9.04. The van der Waals surface area contributed by atoms with Crippen LogP contribution >= 0.6 is 0 Å². The van der Waals surface area contributed by atoms with Gasteiger partial charge in [-0.05, 0) is 62.2 Å². The van der Waals surface area contributed by atoms with Gasteiger partial charge in [0.15, 0.2) is 0 Å². The van der Waals surface area contributed by atoms with Crippen molar-refractivity contribution in [2.24, 2.45) is 0 Å². The summed E-state index contributed by atoms with van der Waals surface area (Å²) >= 11 is 0. The molecule has 2 aromatic carbocycles. The lowest BCUT2D eigenvalue weighted by atomic mass is 9.94. The van der Waals surface area contributed by atoms with E-state index in [-0.39, 0.29) is 17.7 Å². The van der Waals surface area contributed by atoms with Crippen molar-refractivity contribution in [2.45, 2.75) is 31.9 Å². The molecule has 0 fully saturated rings. The van der Waals surface area contributed by atoms with Crippen molar-refractivity contribution in [3.63, 3.8) is 0 Å². The number of hydrogen-bond donors (Lipinski definition) is 4. The number of aromatic nitrogens is 2. The summed E-state index contributed by atoms with van der Waals surface area (Å²) in [5.41, 5.74) is 1.96. The van der Waals surface area contributed by atoms with Crippen LogP contribution in [-0.2, 0) is 6.42 Å². The summed E-state index contributed by atoms with van der Waals surface area (Å²) in [6, 6.07) is 18.4. The second kappa shape index (κ2) is 10.6. The van der Waals surface area contributed by atoms with Gasteiger partial charge < -0.3 is 30.0 Å². The van der Waals surface area contributed by atoms with Crippen LogP contribution in [0.2, 0.25) is 0 Å². The molecule has 2 heterocycles. The van der Waals surface area contributed by atoms with Gasteiger partial charge in [0.1, 0.15) is 24.2 Å². The molecule has 4 N–H and O–H groups in total. The highest BCUT2D eigenvalue weighted by Crippen LogP contribution is 2.25. The maximum absolute atomic E-state index is 10.9. The number of β-amino-alcohol motifs (C(OH)–C–C–N with tert-alkyl or cyclic N) is 1. The fraction of sp³-hybridized carbons (Fsp3) is 0.259. The molecule has 8 heteroatoms. The Hall–Kier alpha value is -3.88. The minimum Gasteiger partial charge on any atom is -0.490 e. The van der Waals surface area contributed by atoms with Crippen LogP contribution in [0.1, 0.15) is 29.8 Å². The summed E-state index contributed by atoms with van der Waals surface area (Å²) in [5.74, 6) is 0.658. The average molecular weight is 476 g/mol. The second-order valence-corrected chi connectivity index (χ2v) is 9.04. The number of carboxylic acid groups (broad SMARTS) is 1. The number of rotatable bonds is 11. The monoisotopic (exact) mass is 475 g/mol. The number of carboxylic acids is 1. The number of aliphatic hydroxyl groups is 1. The van der Waals surface area contributed by atoms with Gasteiger partial charge in [0.05, 0.1) is 5.56 Å². The van der Waals surface area contributed by atoms with Crippen molar-refractivity contribution in [3.8, 4) is 17.4 Å². The largest absolute Gasteiger partial charge is 0.490 e. The standard InChI is InChI=1S/C27H29N3O5/c1-27(2,30-16-20(31)17-34-24-5-3-4-23-22(24)12-13-28-23)14-18-6-9-21(10-7-18)35-25-11-8-19(15-29-25)26(32)33/h3-13,15,20,28,30-31H,14,16-17H2,1-2H3,(H,32,33). The molecule has 0 spiro atoms. The number of ether oxygens (including phenoxy) is 2. The number of pyridine rings is 1. The molecule has 35 heavy (non-hydrogen) atoms. The average Bonchev–Trinajstić information content (AvgIpc) is 3.32. The lowest BCUT2D eigenvalue weighted by molar-refractivity contribution is 0.0696. The maximum Gasteiger partial charge on any atom is 0.337 e. The number of aromatic amines is 1. The van der Waals surface area contributed by atoms with Crippen molar-refractivity contribution < 1.29 is 24.5 Å². The first-order valence-electron chi connectivity index (χ1n) is 11.4. The van der Waals surface area contributed by atoms with Crippen LogP contribution < -0.4 is 14.8 Å². The number of aliphatic hydroxyl groups excluding tert-OH is 1. The van der Waals surface area contributed by atoms with Crippen molar-refractivity contribution in [2.75, 3.05) is 13.2 Å². The Labute approximate surface area is 203 Å². The highest BCUT2D eigenvalue weighted by atomic mass is 16.5. The van der Waals surface area contributed by atoms with Crippen LogP contribution in [0, 0.1) is 0 Å². The zero-order valence-electron chi connectivity index (χ0n) is 19.7. The molecule has 1 unspecified atom stereocenters. The normalized spacial score (nSPS) is 12.4. The van der Waals surface area contributed by atoms with Gasteiger partial charge in [-0.25, -0.2) is 9.78 Å². The van der Waals surface area contributed by atoms with E-state index in [1.165, 1.54) is 18.3 Å². The number of carbonyl (C=O) groups is 1. The van der Waals surface area contributed by atoms with Gasteiger partial charge in [-0.2, -0.15) is 0 Å². The summed E-state index contributed by atoms with van der Waals surface area (Å²) < 4.78 is 11.5. The van der Waals surface area contributed by atoms with Crippen molar-refractivity contribution in [3.05, 3.63) is 84.2 Å². The first-order chi connectivity index (χ1) is 16.8. The zero-order valence-corrected chi connectivity index (χ0v) is 19.7. The third kappa shape index (κ3) is 6.59. The molecule has 4 aromatic rings. The Bertz CT molecular complexity index is 1270. The number of hydrogen-bond acceptors (Lipinski definition) is 6. The van der Waals surface area contributed by atoms with E-state index in [0.717, 1.165) is 28.6 Å². The number of nitrogens with zero attached hydrogens (tertiary/aromatic N) is 1. The van der Waals surface area contributed by atoms with Crippen LogP contribution in [0.25, 0.3) is 10.9 Å². The molecule has 8 nitrogen and oxygen atoms in total. The molecule has 0 saturated heterocycles. The topological polar surface area (TPSA) is 117 Å². The molecule has 0 aliphatic rings. The molecule has 0 saturated carbocycles. The lowest BCUT2D eigenvalue weighted by Crippen LogP contribution is -2.46. The predicted molar refractivity (Wildman–Crippen MR) is 133 cm³/mol. The van der Waals surface area contributed by atoms with E-state index in [9.17, 15) is 9.90 Å². The number of H-pyrrole nitrogens is 1. The molecule has 2 aromatic heterocycles. The Balaban J connectivity index is 1.25. The zero-order chi connectivity index (χ0) is 24.8. The van der Waals surface area contributed by atoms with Gasteiger partial charge >= 0.3 is 5.97 Å². The van der Waals surface area contributed by atoms with Crippen LogP contribution in [0.3, 0.4) is 0 Å². The summed E-state index contributed by atoms with van der Waals surface area (Å²) in [4.78, 5) is 18.1.